The molecule has 2 rings (SSSR count). The van der Waals surface area contributed by atoms with Crippen molar-refractivity contribution in [3.63, 3.8) is 0 Å². The third-order valence-electron chi connectivity index (χ3n) is 4.88. The molecule has 0 aliphatic heterocycles. The Morgan fingerprint density at radius 3 is 2.00 bits per heavy atom. The van der Waals surface area contributed by atoms with Crippen LogP contribution in [-0.2, 0) is 31.9 Å². The van der Waals surface area contributed by atoms with Gasteiger partial charge in [0.25, 0.3) is 0 Å². The van der Waals surface area contributed by atoms with Crippen LogP contribution in [0.1, 0.15) is 55.1 Å². The summed E-state index contributed by atoms with van der Waals surface area (Å²) >= 11 is 0. The number of aliphatic hydroxyl groups is 1. The number of ketones is 1. The van der Waals surface area contributed by atoms with Gasteiger partial charge in [0.2, 0.25) is 0 Å². The van der Waals surface area contributed by atoms with Gasteiger partial charge in [0.05, 0.1) is 12.5 Å². The van der Waals surface area contributed by atoms with E-state index < -0.39 is 41.8 Å². The number of phenolic OH excluding ortho intramolecular Hbond substituents is 4. The minimum absolute atomic E-state index is 0.0240. The molecular formula is C25H30O10. The number of rotatable bonds is 11. The number of esters is 2. The van der Waals surface area contributed by atoms with E-state index in [1.807, 2.05) is 0 Å². The summed E-state index contributed by atoms with van der Waals surface area (Å²) in [6.07, 6.45) is -3.00. The molecule has 35 heavy (non-hydrogen) atoms. The summed E-state index contributed by atoms with van der Waals surface area (Å²) in [5.41, 5.74) is 0.262. The molecule has 190 valence electrons. The highest BCUT2D eigenvalue weighted by Gasteiger charge is 2.24. The van der Waals surface area contributed by atoms with Crippen LogP contribution in [0.25, 0.3) is 0 Å². The Balaban J connectivity index is 2.00. The highest BCUT2D eigenvalue weighted by atomic mass is 16.6. The molecule has 0 aliphatic carbocycles. The van der Waals surface area contributed by atoms with Crippen molar-refractivity contribution >= 4 is 17.7 Å². The first-order chi connectivity index (χ1) is 16.3. The fraction of sp³-hybridized carbons (Fsp3) is 0.400. The normalized spacial score (nSPS) is 13.5. The van der Waals surface area contributed by atoms with E-state index in [2.05, 4.69) is 0 Å². The summed E-state index contributed by atoms with van der Waals surface area (Å²) in [5.74, 6) is -3.26. The number of hydrogen-bond donors (Lipinski definition) is 5. The molecule has 2 aromatic carbocycles. The predicted octanol–water partition coefficient (Wildman–Crippen LogP) is 2.50. The van der Waals surface area contributed by atoms with E-state index >= 15 is 0 Å². The minimum Gasteiger partial charge on any atom is -0.508 e. The molecular weight excluding hydrogens is 460 g/mol. The molecule has 2 aromatic rings. The van der Waals surface area contributed by atoms with Gasteiger partial charge in [0, 0.05) is 31.4 Å². The average molecular weight is 491 g/mol. The molecule has 0 amide bonds. The molecule has 0 aromatic heterocycles. The van der Waals surface area contributed by atoms with Gasteiger partial charge in [-0.15, -0.1) is 0 Å². The lowest BCUT2D eigenvalue weighted by atomic mass is 9.98. The van der Waals surface area contributed by atoms with Crippen molar-refractivity contribution in [2.75, 3.05) is 0 Å². The van der Waals surface area contributed by atoms with E-state index in [-0.39, 0.29) is 54.1 Å². The Morgan fingerprint density at radius 2 is 1.40 bits per heavy atom. The summed E-state index contributed by atoms with van der Waals surface area (Å²) in [7, 11) is 0. The van der Waals surface area contributed by atoms with E-state index in [1.54, 1.807) is 6.92 Å². The second kappa shape index (κ2) is 12.1. The third kappa shape index (κ3) is 8.82. The molecule has 0 bridgehead atoms. The van der Waals surface area contributed by atoms with Gasteiger partial charge in [0.1, 0.15) is 46.6 Å². The lowest BCUT2D eigenvalue weighted by Gasteiger charge is -2.18. The number of Topliss-reactive ketones (excluding diaryl/α,β-unsaturated/α-hetero) is 1. The van der Waals surface area contributed by atoms with Crippen molar-refractivity contribution in [3.05, 3.63) is 47.0 Å². The number of phenols is 4. The summed E-state index contributed by atoms with van der Waals surface area (Å²) in [6.45, 7) is 4.51. The van der Waals surface area contributed by atoms with Crippen molar-refractivity contribution in [2.45, 2.75) is 64.8 Å². The first kappa shape index (κ1) is 27.5. The summed E-state index contributed by atoms with van der Waals surface area (Å²) < 4.78 is 10.6. The van der Waals surface area contributed by atoms with Crippen molar-refractivity contribution in [3.8, 4) is 23.0 Å². The lowest BCUT2D eigenvalue weighted by molar-refractivity contribution is -0.150. The molecule has 3 atom stereocenters. The SMILES string of the molecule is CC(O)CC(=O)Cc1cc(O)cc(O)c1C(=O)OC(C)CC(=O)OC(C)Cc1cc(O)cc(O)c1. The first-order valence-corrected chi connectivity index (χ1v) is 11.0. The first-order valence-electron chi connectivity index (χ1n) is 11.0. The molecule has 0 spiro atoms. The molecule has 10 nitrogen and oxygen atoms in total. The molecule has 0 radical (unpaired) electrons. The number of benzene rings is 2. The zero-order valence-corrected chi connectivity index (χ0v) is 19.7. The van der Waals surface area contributed by atoms with Crippen LogP contribution in [0, 0.1) is 0 Å². The van der Waals surface area contributed by atoms with Crippen LogP contribution in [0.5, 0.6) is 23.0 Å². The van der Waals surface area contributed by atoms with Gasteiger partial charge < -0.3 is 35.0 Å². The smallest absolute Gasteiger partial charge is 0.342 e. The van der Waals surface area contributed by atoms with Crippen LogP contribution in [0.4, 0.5) is 0 Å². The van der Waals surface area contributed by atoms with Crippen LogP contribution in [0.3, 0.4) is 0 Å². The van der Waals surface area contributed by atoms with Crippen molar-refractivity contribution in [1.29, 1.82) is 0 Å². The summed E-state index contributed by atoms with van der Waals surface area (Å²) in [5, 5.41) is 48.4. The lowest BCUT2D eigenvalue weighted by Crippen LogP contribution is -2.24. The number of aliphatic hydroxyl groups excluding tert-OH is 1. The Morgan fingerprint density at radius 1 is 0.800 bits per heavy atom. The quantitative estimate of drug-likeness (QED) is 0.295. The van der Waals surface area contributed by atoms with Crippen LogP contribution in [-0.4, -0.2) is 61.6 Å². The number of hydrogen-bond acceptors (Lipinski definition) is 10. The van der Waals surface area contributed by atoms with E-state index in [0.717, 1.165) is 12.1 Å². The molecule has 0 saturated heterocycles. The summed E-state index contributed by atoms with van der Waals surface area (Å²) in [4.78, 5) is 37.1. The molecule has 0 fully saturated rings. The molecule has 0 aliphatic rings. The Kier molecular flexibility index (Phi) is 9.47. The van der Waals surface area contributed by atoms with Crippen molar-refractivity contribution in [2.24, 2.45) is 0 Å². The van der Waals surface area contributed by atoms with Crippen LogP contribution < -0.4 is 0 Å². The average Bonchev–Trinajstić information content (AvgIpc) is 2.64. The molecule has 3 unspecified atom stereocenters. The molecule has 5 N–H and O–H groups in total. The van der Waals surface area contributed by atoms with Crippen LogP contribution in [0.15, 0.2) is 30.3 Å². The fourth-order valence-corrected chi connectivity index (χ4v) is 3.60. The number of ether oxygens (including phenoxy) is 2. The maximum absolute atomic E-state index is 12.7. The van der Waals surface area contributed by atoms with Gasteiger partial charge in [-0.2, -0.15) is 0 Å². The highest BCUT2D eigenvalue weighted by molar-refractivity contribution is 5.96. The van der Waals surface area contributed by atoms with Crippen molar-refractivity contribution in [1.82, 2.24) is 0 Å². The van der Waals surface area contributed by atoms with E-state index in [9.17, 15) is 39.9 Å². The zero-order valence-electron chi connectivity index (χ0n) is 19.7. The minimum atomic E-state index is -0.995. The molecule has 10 heteroatoms. The highest BCUT2D eigenvalue weighted by Crippen LogP contribution is 2.29. The molecule has 0 saturated carbocycles. The van der Waals surface area contributed by atoms with Gasteiger partial charge in [0.15, 0.2) is 0 Å². The van der Waals surface area contributed by atoms with E-state index in [1.165, 1.54) is 32.0 Å². The predicted molar refractivity (Wildman–Crippen MR) is 123 cm³/mol. The topological polar surface area (TPSA) is 171 Å². The Hall–Kier alpha value is -3.79. The third-order valence-corrected chi connectivity index (χ3v) is 4.88. The van der Waals surface area contributed by atoms with Crippen molar-refractivity contribution < 1.29 is 49.4 Å². The second-order valence-electron chi connectivity index (χ2n) is 8.55. The van der Waals surface area contributed by atoms with Gasteiger partial charge in [-0.05, 0) is 50.1 Å². The maximum Gasteiger partial charge on any atom is 0.342 e. The monoisotopic (exact) mass is 490 g/mol. The van der Waals surface area contributed by atoms with Gasteiger partial charge in [-0.3, -0.25) is 9.59 Å². The number of carbonyl (C=O) groups is 3. The molecule has 0 heterocycles. The van der Waals surface area contributed by atoms with Crippen LogP contribution >= 0.6 is 0 Å². The standard InChI is InChI=1S/C25H30O10/c1-13(26)4-18(27)9-17-10-21(30)12-22(31)24(17)25(33)35-15(3)6-23(32)34-14(2)5-16-7-19(28)11-20(29)8-16/h7-8,10-15,26,28-31H,4-6,9H2,1-3H3. The zero-order chi connectivity index (χ0) is 26.3. The maximum atomic E-state index is 12.7. The number of carbonyl (C=O) groups excluding carboxylic acids is 3. The van der Waals surface area contributed by atoms with Crippen LogP contribution in [0.2, 0.25) is 0 Å². The van der Waals surface area contributed by atoms with E-state index in [0.29, 0.717) is 5.56 Å². The summed E-state index contributed by atoms with van der Waals surface area (Å²) in [6, 6.07) is 6.12. The Labute approximate surface area is 202 Å². The number of aromatic hydroxyl groups is 4. The fourth-order valence-electron chi connectivity index (χ4n) is 3.60. The largest absolute Gasteiger partial charge is 0.508 e. The second-order valence-corrected chi connectivity index (χ2v) is 8.55. The van der Waals surface area contributed by atoms with Gasteiger partial charge in [-0.1, -0.05) is 0 Å². The van der Waals surface area contributed by atoms with Gasteiger partial charge >= 0.3 is 11.9 Å². The Bertz CT molecular complexity index is 1060. The van der Waals surface area contributed by atoms with E-state index in [4.69, 9.17) is 9.47 Å². The van der Waals surface area contributed by atoms with Gasteiger partial charge in [-0.25, -0.2) is 4.79 Å².